The number of nitrogens with zero attached hydrogens (tertiary/aromatic N) is 2. The number of rotatable bonds is 5. The summed E-state index contributed by atoms with van der Waals surface area (Å²) in [6.07, 6.45) is 1.51. The van der Waals surface area contributed by atoms with Gasteiger partial charge in [-0.25, -0.2) is 9.18 Å². The first-order chi connectivity index (χ1) is 12.6. The molecule has 1 saturated heterocycles. The van der Waals surface area contributed by atoms with Crippen molar-refractivity contribution in [2.75, 3.05) is 33.8 Å². The number of hydrogen-bond acceptors (Lipinski definition) is 4. The maximum Gasteiger partial charge on any atom is 0.410 e. The summed E-state index contributed by atoms with van der Waals surface area (Å²) in [4.78, 5) is 16.5. The molecule has 0 spiro atoms. The average molecular weight is 381 g/mol. The van der Waals surface area contributed by atoms with E-state index in [1.54, 1.807) is 17.0 Å². The van der Waals surface area contributed by atoms with Crippen molar-refractivity contribution >= 4 is 6.09 Å². The lowest BCUT2D eigenvalue weighted by atomic mass is 9.90. The number of likely N-dealkylation sites (N-methyl/N-ethyl adjacent to an activating group) is 1. The van der Waals surface area contributed by atoms with Crippen molar-refractivity contribution in [1.82, 2.24) is 9.80 Å². The first kappa shape index (κ1) is 21.5. The van der Waals surface area contributed by atoms with Gasteiger partial charge in [-0.1, -0.05) is 13.0 Å². The summed E-state index contributed by atoms with van der Waals surface area (Å²) < 4.78 is 25.4. The van der Waals surface area contributed by atoms with Crippen molar-refractivity contribution in [3.8, 4) is 5.75 Å². The SMILES string of the molecule is C[C@H]1CC[C@H](c2ccc(F)c(OCCN(C)C)c2)N(C(=O)OC(C)(C)C)C1. The highest BCUT2D eigenvalue weighted by Gasteiger charge is 2.34. The molecule has 2 rings (SSSR count). The maximum atomic E-state index is 14.2. The van der Waals surface area contributed by atoms with E-state index < -0.39 is 5.60 Å². The molecule has 1 aromatic rings. The molecule has 1 amide bonds. The summed E-state index contributed by atoms with van der Waals surface area (Å²) in [5.74, 6) is 0.257. The van der Waals surface area contributed by atoms with Crippen LogP contribution in [0.2, 0.25) is 0 Å². The largest absolute Gasteiger partial charge is 0.489 e. The molecule has 27 heavy (non-hydrogen) atoms. The Hall–Kier alpha value is -1.82. The second-order valence-electron chi connectivity index (χ2n) is 8.67. The van der Waals surface area contributed by atoms with Gasteiger partial charge >= 0.3 is 6.09 Å². The van der Waals surface area contributed by atoms with E-state index in [2.05, 4.69) is 6.92 Å². The summed E-state index contributed by atoms with van der Waals surface area (Å²) >= 11 is 0. The zero-order valence-corrected chi connectivity index (χ0v) is 17.4. The van der Waals surface area contributed by atoms with E-state index in [0.717, 1.165) is 18.4 Å². The first-order valence-corrected chi connectivity index (χ1v) is 9.63. The van der Waals surface area contributed by atoms with E-state index in [4.69, 9.17) is 9.47 Å². The fraction of sp³-hybridized carbons (Fsp3) is 0.667. The zero-order chi connectivity index (χ0) is 20.2. The van der Waals surface area contributed by atoms with Gasteiger partial charge in [-0.15, -0.1) is 0 Å². The minimum absolute atomic E-state index is 0.132. The second kappa shape index (κ2) is 8.91. The molecule has 0 N–H and O–H groups in total. The van der Waals surface area contributed by atoms with Crippen LogP contribution in [-0.4, -0.2) is 55.3 Å². The summed E-state index contributed by atoms with van der Waals surface area (Å²) in [5, 5.41) is 0. The third-order valence-electron chi connectivity index (χ3n) is 4.58. The lowest BCUT2D eigenvalue weighted by Gasteiger charge is -2.39. The van der Waals surface area contributed by atoms with Gasteiger partial charge in [0, 0.05) is 13.1 Å². The van der Waals surface area contributed by atoms with Gasteiger partial charge < -0.3 is 19.3 Å². The summed E-state index contributed by atoms with van der Waals surface area (Å²) in [5.41, 5.74) is 0.333. The van der Waals surface area contributed by atoms with Crippen LogP contribution in [0.15, 0.2) is 18.2 Å². The Kier molecular flexibility index (Phi) is 7.09. The van der Waals surface area contributed by atoms with Crippen LogP contribution in [-0.2, 0) is 4.74 Å². The Morgan fingerprint density at radius 3 is 2.63 bits per heavy atom. The van der Waals surface area contributed by atoms with E-state index in [9.17, 15) is 9.18 Å². The monoisotopic (exact) mass is 380 g/mol. The Balaban J connectivity index is 2.21. The van der Waals surface area contributed by atoms with E-state index >= 15 is 0 Å². The van der Waals surface area contributed by atoms with Crippen LogP contribution < -0.4 is 4.74 Å². The van der Waals surface area contributed by atoms with Crippen molar-refractivity contribution in [2.45, 2.75) is 52.2 Å². The Morgan fingerprint density at radius 2 is 2.00 bits per heavy atom. The number of likely N-dealkylation sites (tertiary alicyclic amines) is 1. The van der Waals surface area contributed by atoms with Crippen molar-refractivity contribution < 1.29 is 18.7 Å². The molecule has 1 heterocycles. The third kappa shape index (κ3) is 6.38. The van der Waals surface area contributed by atoms with Crippen molar-refractivity contribution in [1.29, 1.82) is 0 Å². The molecule has 2 atom stereocenters. The Labute approximate surface area is 162 Å². The van der Waals surface area contributed by atoms with Crippen LogP contribution >= 0.6 is 0 Å². The quantitative estimate of drug-likeness (QED) is 0.756. The minimum Gasteiger partial charge on any atom is -0.489 e. The van der Waals surface area contributed by atoms with Gasteiger partial charge in [0.15, 0.2) is 11.6 Å². The number of amides is 1. The van der Waals surface area contributed by atoms with Gasteiger partial charge in [-0.05, 0) is 71.3 Å². The van der Waals surface area contributed by atoms with E-state index in [1.165, 1.54) is 6.07 Å². The third-order valence-corrected chi connectivity index (χ3v) is 4.58. The van der Waals surface area contributed by atoms with Crippen molar-refractivity contribution in [3.05, 3.63) is 29.6 Å². The van der Waals surface area contributed by atoms with Gasteiger partial charge in [-0.3, -0.25) is 0 Å². The molecule has 1 aromatic carbocycles. The summed E-state index contributed by atoms with van der Waals surface area (Å²) in [6, 6.07) is 4.76. The number of hydrogen-bond donors (Lipinski definition) is 0. The molecule has 6 heteroatoms. The molecule has 0 bridgehead atoms. The van der Waals surface area contributed by atoms with Crippen LogP contribution in [0.25, 0.3) is 0 Å². The summed E-state index contributed by atoms with van der Waals surface area (Å²) in [7, 11) is 3.89. The molecule has 0 radical (unpaired) electrons. The predicted molar refractivity (Wildman–Crippen MR) is 105 cm³/mol. The number of halogens is 1. The lowest BCUT2D eigenvalue weighted by Crippen LogP contribution is -2.44. The number of benzene rings is 1. The lowest BCUT2D eigenvalue weighted by molar-refractivity contribution is 0.00359. The normalized spacial score (nSPS) is 20.7. The molecule has 0 saturated carbocycles. The topological polar surface area (TPSA) is 42.0 Å². The van der Waals surface area contributed by atoms with Crippen LogP contribution in [0.5, 0.6) is 5.75 Å². The predicted octanol–water partition coefficient (Wildman–Crippen LogP) is 4.47. The van der Waals surface area contributed by atoms with Crippen LogP contribution in [0.3, 0.4) is 0 Å². The van der Waals surface area contributed by atoms with E-state index in [1.807, 2.05) is 39.8 Å². The second-order valence-corrected chi connectivity index (χ2v) is 8.67. The number of carbonyl (C=O) groups is 1. The van der Waals surface area contributed by atoms with Gasteiger partial charge in [0.2, 0.25) is 0 Å². The van der Waals surface area contributed by atoms with Gasteiger partial charge in [0.1, 0.15) is 12.2 Å². The molecule has 0 unspecified atom stereocenters. The Bertz CT molecular complexity index is 643. The molecule has 5 nitrogen and oxygen atoms in total. The first-order valence-electron chi connectivity index (χ1n) is 9.63. The number of piperidine rings is 1. The molecule has 1 aliphatic rings. The van der Waals surface area contributed by atoms with E-state index in [-0.39, 0.29) is 23.7 Å². The van der Waals surface area contributed by atoms with Crippen LogP contribution in [0.1, 0.15) is 52.1 Å². The molecule has 0 aromatic heterocycles. The Morgan fingerprint density at radius 1 is 1.30 bits per heavy atom. The molecule has 152 valence electrons. The molecule has 1 fully saturated rings. The molecule has 0 aliphatic carbocycles. The number of ether oxygens (including phenoxy) is 2. The molecular weight excluding hydrogens is 347 g/mol. The van der Waals surface area contributed by atoms with E-state index in [0.29, 0.717) is 25.6 Å². The van der Waals surface area contributed by atoms with Crippen molar-refractivity contribution in [2.24, 2.45) is 5.92 Å². The smallest absolute Gasteiger partial charge is 0.410 e. The maximum absolute atomic E-state index is 14.2. The molecular formula is C21H33FN2O3. The van der Waals surface area contributed by atoms with Crippen LogP contribution in [0, 0.1) is 11.7 Å². The fourth-order valence-corrected chi connectivity index (χ4v) is 3.20. The highest BCUT2D eigenvalue weighted by molar-refractivity contribution is 5.69. The molecule has 1 aliphatic heterocycles. The number of carbonyl (C=O) groups excluding carboxylic acids is 1. The standard InChI is InChI=1S/C21H33FN2O3/c1-15-7-10-18(24(14-15)20(25)27-21(2,3)4)16-8-9-17(22)19(13-16)26-12-11-23(5)6/h8-9,13,15,18H,7,10-12,14H2,1-6H3/t15-,18+/m0/s1. The van der Waals surface area contributed by atoms with Crippen LogP contribution in [0.4, 0.5) is 9.18 Å². The van der Waals surface area contributed by atoms with Gasteiger partial charge in [0.05, 0.1) is 6.04 Å². The van der Waals surface area contributed by atoms with Gasteiger partial charge in [0.25, 0.3) is 0 Å². The minimum atomic E-state index is -0.550. The van der Waals surface area contributed by atoms with Crippen molar-refractivity contribution in [3.63, 3.8) is 0 Å². The van der Waals surface area contributed by atoms with Gasteiger partial charge in [-0.2, -0.15) is 0 Å². The highest BCUT2D eigenvalue weighted by atomic mass is 19.1. The highest BCUT2D eigenvalue weighted by Crippen LogP contribution is 2.36. The zero-order valence-electron chi connectivity index (χ0n) is 17.4. The average Bonchev–Trinajstić information content (AvgIpc) is 2.55. The summed E-state index contributed by atoms with van der Waals surface area (Å²) in [6.45, 7) is 9.47. The fourth-order valence-electron chi connectivity index (χ4n) is 3.20.